The molecule has 1 aliphatic rings. The number of hydrogen-bond acceptors (Lipinski definition) is 4. The molecule has 0 spiro atoms. The van der Waals surface area contributed by atoms with Gasteiger partial charge in [-0.3, -0.25) is 0 Å². The molecule has 0 radical (unpaired) electrons. The lowest BCUT2D eigenvalue weighted by Crippen LogP contribution is -2.50. The number of carboxylic acid groups (broad SMARTS) is 1. The van der Waals surface area contributed by atoms with E-state index in [1.807, 2.05) is 6.92 Å². The Morgan fingerprint density at radius 2 is 2.10 bits per heavy atom. The molecule has 2 rings (SSSR count). The van der Waals surface area contributed by atoms with Crippen LogP contribution in [0.4, 0.5) is 0 Å². The third-order valence-electron chi connectivity index (χ3n) is 3.63. The van der Waals surface area contributed by atoms with Crippen LogP contribution in [0, 0.1) is 0 Å². The fourth-order valence-corrected chi connectivity index (χ4v) is 3.81. The maximum atomic E-state index is 12.3. The second kappa shape index (κ2) is 5.65. The van der Waals surface area contributed by atoms with Crippen molar-refractivity contribution in [2.75, 3.05) is 6.61 Å². The van der Waals surface area contributed by atoms with Crippen molar-refractivity contribution in [3.8, 4) is 5.75 Å². The van der Waals surface area contributed by atoms with E-state index in [1.165, 1.54) is 12.1 Å². The Kier molecular flexibility index (Phi) is 4.25. The fraction of sp³-hybridized carbons (Fsp3) is 0.500. The van der Waals surface area contributed by atoms with Crippen LogP contribution in [0.3, 0.4) is 0 Å². The Labute approximate surface area is 124 Å². The van der Waals surface area contributed by atoms with Crippen LogP contribution in [0.2, 0.25) is 0 Å². The van der Waals surface area contributed by atoms with E-state index in [4.69, 9.17) is 4.74 Å². The molecule has 6 nitrogen and oxygen atoms in total. The number of carboxylic acids is 1. The summed E-state index contributed by atoms with van der Waals surface area (Å²) < 4.78 is 32.5. The lowest BCUT2D eigenvalue weighted by molar-refractivity contribution is 0.0692. The molecule has 1 aromatic rings. The van der Waals surface area contributed by atoms with Gasteiger partial charge in [0.25, 0.3) is 0 Å². The fourth-order valence-electron chi connectivity index (χ4n) is 2.32. The highest BCUT2D eigenvalue weighted by Gasteiger charge is 2.36. The van der Waals surface area contributed by atoms with Gasteiger partial charge in [-0.05, 0) is 51.3 Å². The van der Waals surface area contributed by atoms with Gasteiger partial charge in [-0.1, -0.05) is 0 Å². The van der Waals surface area contributed by atoms with Gasteiger partial charge in [-0.15, -0.1) is 0 Å². The van der Waals surface area contributed by atoms with Crippen molar-refractivity contribution in [1.82, 2.24) is 4.72 Å². The number of sulfonamides is 1. The number of nitrogens with one attached hydrogen (secondary N) is 1. The van der Waals surface area contributed by atoms with E-state index < -0.39 is 21.5 Å². The Balaban J connectivity index is 2.35. The van der Waals surface area contributed by atoms with Crippen LogP contribution in [0.1, 0.15) is 43.5 Å². The lowest BCUT2D eigenvalue weighted by Gasteiger charge is -2.38. The largest absolute Gasteiger partial charge is 0.493 e. The predicted octanol–water partition coefficient (Wildman–Crippen LogP) is 2.00. The van der Waals surface area contributed by atoms with Crippen LogP contribution < -0.4 is 9.46 Å². The summed E-state index contributed by atoms with van der Waals surface area (Å²) in [5.74, 6) is -1.05. The minimum absolute atomic E-state index is 0.0588. The van der Waals surface area contributed by atoms with E-state index in [1.54, 1.807) is 6.92 Å². The highest BCUT2D eigenvalue weighted by molar-refractivity contribution is 7.89. The molecular formula is C14H19NO5S. The quantitative estimate of drug-likeness (QED) is 0.838. The Hall–Kier alpha value is -1.60. The average Bonchev–Trinajstić information content (AvgIpc) is 2.36. The Morgan fingerprint density at radius 1 is 1.43 bits per heavy atom. The molecule has 7 heteroatoms. The zero-order valence-corrected chi connectivity index (χ0v) is 12.9. The van der Waals surface area contributed by atoms with Crippen molar-refractivity contribution in [3.05, 3.63) is 23.8 Å². The number of rotatable bonds is 6. The van der Waals surface area contributed by atoms with Gasteiger partial charge in [0.15, 0.2) is 0 Å². The zero-order valence-electron chi connectivity index (χ0n) is 12.0. The van der Waals surface area contributed by atoms with Crippen molar-refractivity contribution in [2.24, 2.45) is 0 Å². The van der Waals surface area contributed by atoms with E-state index in [9.17, 15) is 18.3 Å². The minimum Gasteiger partial charge on any atom is -0.493 e. The third kappa shape index (κ3) is 3.36. The predicted molar refractivity (Wildman–Crippen MR) is 77.1 cm³/mol. The summed E-state index contributed by atoms with van der Waals surface area (Å²) in [6.07, 6.45) is 2.56. The summed E-state index contributed by atoms with van der Waals surface area (Å²) in [5.41, 5.74) is -0.584. The highest BCUT2D eigenvalue weighted by Crippen LogP contribution is 2.33. The molecular weight excluding hydrogens is 294 g/mol. The highest BCUT2D eigenvalue weighted by atomic mass is 32.2. The summed E-state index contributed by atoms with van der Waals surface area (Å²) >= 11 is 0. The Morgan fingerprint density at radius 3 is 2.57 bits per heavy atom. The van der Waals surface area contributed by atoms with Crippen molar-refractivity contribution < 1.29 is 23.1 Å². The third-order valence-corrected chi connectivity index (χ3v) is 5.27. The van der Waals surface area contributed by atoms with Gasteiger partial charge in [0.05, 0.1) is 11.5 Å². The zero-order chi connectivity index (χ0) is 15.7. The van der Waals surface area contributed by atoms with Crippen LogP contribution in [0.15, 0.2) is 23.1 Å². The van der Waals surface area contributed by atoms with Gasteiger partial charge in [0.1, 0.15) is 11.3 Å². The summed E-state index contributed by atoms with van der Waals surface area (Å²) in [6, 6.07) is 3.88. The van der Waals surface area contributed by atoms with Crippen molar-refractivity contribution >= 4 is 16.0 Å². The molecule has 0 atom stereocenters. The molecule has 0 bridgehead atoms. The van der Waals surface area contributed by atoms with Crippen molar-refractivity contribution in [2.45, 2.75) is 43.5 Å². The van der Waals surface area contributed by atoms with Crippen LogP contribution in [-0.4, -0.2) is 31.6 Å². The van der Waals surface area contributed by atoms with Gasteiger partial charge in [0, 0.05) is 5.54 Å². The second-order valence-electron chi connectivity index (χ2n) is 5.42. The average molecular weight is 313 g/mol. The molecule has 1 fully saturated rings. The molecule has 21 heavy (non-hydrogen) atoms. The van der Waals surface area contributed by atoms with Gasteiger partial charge in [0.2, 0.25) is 10.0 Å². The Bertz CT molecular complexity index is 649. The number of hydrogen-bond donors (Lipinski definition) is 2. The van der Waals surface area contributed by atoms with E-state index in [0.29, 0.717) is 6.61 Å². The number of ether oxygens (including phenoxy) is 1. The first-order valence-electron chi connectivity index (χ1n) is 6.81. The summed E-state index contributed by atoms with van der Waals surface area (Å²) in [5, 5.41) is 9.18. The molecule has 1 aliphatic carbocycles. The molecule has 1 saturated carbocycles. The van der Waals surface area contributed by atoms with Crippen molar-refractivity contribution in [3.63, 3.8) is 0 Å². The lowest BCUT2D eigenvalue weighted by atomic mass is 9.80. The number of carbonyl (C=O) groups is 1. The normalized spacial score (nSPS) is 17.0. The van der Waals surface area contributed by atoms with Gasteiger partial charge in [-0.25, -0.2) is 17.9 Å². The molecule has 0 heterocycles. The summed E-state index contributed by atoms with van der Waals surface area (Å²) in [6.45, 7) is 3.89. The van der Waals surface area contributed by atoms with Crippen LogP contribution in [0.25, 0.3) is 0 Å². The van der Waals surface area contributed by atoms with Gasteiger partial charge in [-0.2, -0.15) is 0 Å². The monoisotopic (exact) mass is 313 g/mol. The summed E-state index contributed by atoms with van der Waals surface area (Å²) in [7, 11) is -3.74. The first kappa shape index (κ1) is 15.8. The van der Waals surface area contributed by atoms with E-state index in [0.717, 1.165) is 25.3 Å². The molecule has 0 unspecified atom stereocenters. The smallest absolute Gasteiger partial charge is 0.339 e. The van der Waals surface area contributed by atoms with Crippen LogP contribution >= 0.6 is 0 Å². The molecule has 116 valence electrons. The van der Waals surface area contributed by atoms with Crippen LogP contribution in [0.5, 0.6) is 5.75 Å². The van der Waals surface area contributed by atoms with Crippen molar-refractivity contribution in [1.29, 1.82) is 0 Å². The maximum Gasteiger partial charge on any atom is 0.339 e. The molecule has 1 aromatic carbocycles. The number of aromatic carboxylic acids is 1. The first-order valence-corrected chi connectivity index (χ1v) is 8.30. The topological polar surface area (TPSA) is 92.7 Å². The van der Waals surface area contributed by atoms with Crippen LogP contribution in [-0.2, 0) is 10.0 Å². The number of benzene rings is 1. The maximum absolute atomic E-state index is 12.3. The SMILES string of the molecule is CCOc1ccc(S(=O)(=O)NC2(C)CCC2)cc1C(=O)O. The van der Waals surface area contributed by atoms with E-state index in [-0.39, 0.29) is 16.2 Å². The molecule has 0 aromatic heterocycles. The molecule has 0 aliphatic heterocycles. The summed E-state index contributed by atoms with van der Waals surface area (Å²) in [4.78, 5) is 11.2. The van der Waals surface area contributed by atoms with E-state index in [2.05, 4.69) is 4.72 Å². The molecule has 0 saturated heterocycles. The van der Waals surface area contributed by atoms with Gasteiger partial charge >= 0.3 is 5.97 Å². The van der Waals surface area contributed by atoms with Gasteiger partial charge < -0.3 is 9.84 Å². The second-order valence-corrected chi connectivity index (χ2v) is 7.10. The molecule has 2 N–H and O–H groups in total. The minimum atomic E-state index is -3.74. The molecule has 0 amide bonds. The standard InChI is InChI=1S/C14H19NO5S/c1-3-20-12-6-5-10(9-11(12)13(16)17)21(18,19)15-14(2)7-4-8-14/h5-6,9,15H,3-4,7-8H2,1-2H3,(H,16,17). The first-order chi connectivity index (χ1) is 9.77. The van der Waals surface area contributed by atoms with E-state index >= 15 is 0 Å².